The highest BCUT2D eigenvalue weighted by Gasteiger charge is 2.04. The van der Waals surface area contributed by atoms with Crippen molar-refractivity contribution >= 4 is 11.4 Å². The molecule has 0 amide bonds. The van der Waals surface area contributed by atoms with E-state index in [2.05, 4.69) is 20.4 Å². The summed E-state index contributed by atoms with van der Waals surface area (Å²) < 4.78 is 5.12. The molecule has 0 aliphatic carbocycles. The van der Waals surface area contributed by atoms with Gasteiger partial charge in [0.25, 0.3) is 0 Å². The summed E-state index contributed by atoms with van der Waals surface area (Å²) in [6.45, 7) is 3.81. The molecular formula is C12H14N4O. The smallest absolute Gasteiger partial charge is 0.129 e. The Morgan fingerprint density at radius 3 is 2.71 bits per heavy atom. The lowest BCUT2D eigenvalue weighted by atomic mass is 10.3. The second-order valence-corrected chi connectivity index (χ2v) is 3.68. The molecule has 5 heteroatoms. The number of rotatable bonds is 3. The van der Waals surface area contributed by atoms with E-state index in [1.807, 2.05) is 38.1 Å². The van der Waals surface area contributed by atoms with Gasteiger partial charge in [-0.05, 0) is 26.0 Å². The third kappa shape index (κ3) is 2.50. The number of nitrogens with one attached hydrogen (secondary N) is 1. The molecule has 17 heavy (non-hydrogen) atoms. The predicted molar refractivity (Wildman–Crippen MR) is 65.2 cm³/mol. The maximum absolute atomic E-state index is 5.12. The molecule has 1 N–H and O–H groups in total. The molecule has 1 heterocycles. The van der Waals surface area contributed by atoms with Crippen molar-refractivity contribution in [2.45, 2.75) is 13.8 Å². The molecule has 88 valence electrons. The lowest BCUT2D eigenvalue weighted by molar-refractivity contribution is 0.415. The van der Waals surface area contributed by atoms with Crippen LogP contribution in [0, 0.1) is 13.8 Å². The van der Waals surface area contributed by atoms with Gasteiger partial charge in [-0.25, -0.2) is 0 Å². The highest BCUT2D eigenvalue weighted by molar-refractivity contribution is 5.47. The van der Waals surface area contributed by atoms with Gasteiger partial charge in [-0.1, -0.05) is 6.07 Å². The monoisotopic (exact) mass is 230 g/mol. The van der Waals surface area contributed by atoms with Gasteiger partial charge in [0.2, 0.25) is 0 Å². The van der Waals surface area contributed by atoms with Crippen LogP contribution in [-0.4, -0.2) is 17.3 Å². The van der Waals surface area contributed by atoms with E-state index < -0.39 is 0 Å². The van der Waals surface area contributed by atoms with Crippen molar-refractivity contribution in [3.8, 4) is 5.75 Å². The number of aromatic nitrogens is 2. The van der Waals surface area contributed by atoms with Crippen LogP contribution in [0.25, 0.3) is 0 Å². The molecule has 0 aliphatic rings. The number of hydrogen-bond acceptors (Lipinski definition) is 4. The summed E-state index contributed by atoms with van der Waals surface area (Å²) in [5, 5.41) is 15.3. The zero-order chi connectivity index (χ0) is 12.3. The van der Waals surface area contributed by atoms with E-state index in [-0.39, 0.29) is 0 Å². The van der Waals surface area contributed by atoms with Crippen molar-refractivity contribution < 1.29 is 4.74 Å². The van der Waals surface area contributed by atoms with Gasteiger partial charge in [0.15, 0.2) is 0 Å². The van der Waals surface area contributed by atoms with Crippen LogP contribution < -0.4 is 4.74 Å². The third-order valence-electron chi connectivity index (χ3n) is 2.41. The van der Waals surface area contributed by atoms with Crippen LogP contribution in [0.5, 0.6) is 5.75 Å². The van der Waals surface area contributed by atoms with Gasteiger partial charge < -0.3 is 4.74 Å². The van der Waals surface area contributed by atoms with Crippen molar-refractivity contribution in [3.05, 3.63) is 35.7 Å². The highest BCUT2D eigenvalue weighted by Crippen LogP contribution is 2.25. The van der Waals surface area contributed by atoms with Crippen molar-refractivity contribution in [1.29, 1.82) is 0 Å². The number of aryl methyl sites for hydroxylation is 2. The molecule has 2 aromatic rings. The third-order valence-corrected chi connectivity index (χ3v) is 2.41. The number of ether oxygens (including phenoxy) is 1. The van der Waals surface area contributed by atoms with Crippen LogP contribution in [0.4, 0.5) is 11.4 Å². The Hall–Kier alpha value is -2.17. The minimum absolute atomic E-state index is 0.754. The molecule has 2 rings (SSSR count). The Morgan fingerprint density at radius 2 is 2.06 bits per heavy atom. The largest absolute Gasteiger partial charge is 0.497 e. The van der Waals surface area contributed by atoms with E-state index in [1.165, 1.54) is 0 Å². The summed E-state index contributed by atoms with van der Waals surface area (Å²) in [7, 11) is 1.63. The number of azo groups is 1. The average Bonchev–Trinajstić information content (AvgIpc) is 2.67. The molecule has 0 fully saturated rings. The van der Waals surface area contributed by atoms with E-state index in [9.17, 15) is 0 Å². The van der Waals surface area contributed by atoms with Crippen molar-refractivity contribution in [3.63, 3.8) is 0 Å². The average molecular weight is 230 g/mol. The van der Waals surface area contributed by atoms with E-state index in [4.69, 9.17) is 4.74 Å². The van der Waals surface area contributed by atoms with Crippen LogP contribution >= 0.6 is 0 Å². The number of benzene rings is 1. The molecule has 1 aromatic carbocycles. The number of aromatic amines is 1. The molecule has 0 bridgehead atoms. The Morgan fingerprint density at radius 1 is 1.24 bits per heavy atom. The predicted octanol–water partition coefficient (Wildman–Crippen LogP) is 3.45. The molecule has 0 aliphatic heterocycles. The summed E-state index contributed by atoms with van der Waals surface area (Å²) in [5.74, 6) is 0.766. The van der Waals surface area contributed by atoms with Crippen molar-refractivity contribution in [1.82, 2.24) is 10.2 Å². The van der Waals surface area contributed by atoms with Gasteiger partial charge in [0, 0.05) is 6.07 Å². The molecule has 0 atom stereocenters. The van der Waals surface area contributed by atoms with Gasteiger partial charge in [-0.3, -0.25) is 5.10 Å². The molecule has 0 saturated heterocycles. The second kappa shape index (κ2) is 4.78. The number of methoxy groups -OCH3 is 1. The fourth-order valence-corrected chi connectivity index (χ4v) is 1.47. The second-order valence-electron chi connectivity index (χ2n) is 3.68. The minimum Gasteiger partial charge on any atom is -0.497 e. The fourth-order valence-electron chi connectivity index (χ4n) is 1.47. The first-order valence-electron chi connectivity index (χ1n) is 5.28. The zero-order valence-corrected chi connectivity index (χ0v) is 10.1. The Kier molecular flexibility index (Phi) is 3.18. The fraction of sp³-hybridized carbons (Fsp3) is 0.250. The maximum atomic E-state index is 5.12. The molecule has 0 radical (unpaired) electrons. The van der Waals surface area contributed by atoms with Gasteiger partial charge in [0.1, 0.15) is 11.4 Å². The lowest BCUT2D eigenvalue weighted by Crippen LogP contribution is -1.79. The number of H-pyrrole nitrogens is 1. The summed E-state index contributed by atoms with van der Waals surface area (Å²) in [4.78, 5) is 0. The number of nitrogens with zero attached hydrogens (tertiary/aromatic N) is 3. The summed E-state index contributed by atoms with van der Waals surface area (Å²) in [5.41, 5.74) is 3.29. The van der Waals surface area contributed by atoms with E-state index in [0.717, 1.165) is 28.5 Å². The standard InChI is InChI=1S/C12H14N4O/c1-8-12(9(2)14-13-8)16-15-10-5-4-6-11(7-10)17-3/h4-7H,1-3H3,(H,13,14). The highest BCUT2D eigenvalue weighted by atomic mass is 16.5. The van der Waals surface area contributed by atoms with Gasteiger partial charge in [-0.15, -0.1) is 5.11 Å². The van der Waals surface area contributed by atoms with Crippen molar-refractivity contribution in [2.24, 2.45) is 10.2 Å². The Balaban J connectivity index is 2.26. The van der Waals surface area contributed by atoms with Gasteiger partial charge >= 0.3 is 0 Å². The maximum Gasteiger partial charge on any atom is 0.129 e. The Bertz CT molecular complexity index is 526. The zero-order valence-electron chi connectivity index (χ0n) is 10.1. The molecule has 0 spiro atoms. The van der Waals surface area contributed by atoms with Crippen molar-refractivity contribution in [2.75, 3.05) is 7.11 Å². The van der Waals surface area contributed by atoms with Crippen LogP contribution in [0.1, 0.15) is 11.4 Å². The van der Waals surface area contributed by atoms with E-state index in [1.54, 1.807) is 7.11 Å². The molecule has 0 unspecified atom stereocenters. The Labute approximate surface area is 99.5 Å². The van der Waals surface area contributed by atoms with Crippen LogP contribution in [0.15, 0.2) is 34.5 Å². The first-order chi connectivity index (χ1) is 8.20. The topological polar surface area (TPSA) is 62.6 Å². The van der Waals surface area contributed by atoms with Gasteiger partial charge in [0.05, 0.1) is 24.2 Å². The van der Waals surface area contributed by atoms with Gasteiger partial charge in [-0.2, -0.15) is 10.2 Å². The molecule has 0 saturated carbocycles. The van der Waals surface area contributed by atoms with E-state index >= 15 is 0 Å². The summed E-state index contributed by atoms with van der Waals surface area (Å²) in [6.07, 6.45) is 0. The van der Waals surface area contributed by atoms with Crippen LogP contribution in [0.3, 0.4) is 0 Å². The SMILES string of the molecule is COc1cccc(N=Nc2c(C)n[nH]c2C)c1. The van der Waals surface area contributed by atoms with E-state index in [0.29, 0.717) is 0 Å². The summed E-state index contributed by atoms with van der Waals surface area (Å²) in [6, 6.07) is 7.45. The lowest BCUT2D eigenvalue weighted by Gasteiger charge is -1.98. The number of hydrogen-bond donors (Lipinski definition) is 1. The quantitative estimate of drug-likeness (QED) is 0.821. The molecule has 1 aromatic heterocycles. The molecule has 5 nitrogen and oxygen atoms in total. The minimum atomic E-state index is 0.754. The molecular weight excluding hydrogens is 216 g/mol. The van der Waals surface area contributed by atoms with Crippen LogP contribution in [0.2, 0.25) is 0 Å². The first kappa shape index (κ1) is 11.3. The normalized spacial score (nSPS) is 11.0. The summed E-state index contributed by atoms with van der Waals surface area (Å²) >= 11 is 0. The van der Waals surface area contributed by atoms with Crippen LogP contribution in [-0.2, 0) is 0 Å². The first-order valence-corrected chi connectivity index (χ1v) is 5.28.